The maximum absolute atomic E-state index is 11.1. The van der Waals surface area contributed by atoms with Crippen LogP contribution in [0.1, 0.15) is 24.8 Å². The first-order valence-corrected chi connectivity index (χ1v) is 10.1. The molecular formula is C17H27NO3S. The molecule has 1 aromatic rings. The number of rotatable bonds is 7. The van der Waals surface area contributed by atoms with Gasteiger partial charge in [0.25, 0.3) is 0 Å². The Kier molecular flexibility index (Phi) is 6.26. The average molecular weight is 325 g/mol. The summed E-state index contributed by atoms with van der Waals surface area (Å²) in [4.78, 5) is 2.40. The van der Waals surface area contributed by atoms with E-state index in [1.54, 1.807) is 7.11 Å². The fourth-order valence-electron chi connectivity index (χ4n) is 3.06. The summed E-state index contributed by atoms with van der Waals surface area (Å²) in [6.45, 7) is 3.08. The number of piperidine rings is 1. The van der Waals surface area contributed by atoms with Gasteiger partial charge in [0.15, 0.2) is 0 Å². The maximum Gasteiger partial charge on any atom is 0.147 e. The smallest absolute Gasteiger partial charge is 0.147 e. The summed E-state index contributed by atoms with van der Waals surface area (Å²) in [6.07, 6.45) is 5.59. The third-order valence-electron chi connectivity index (χ3n) is 4.38. The van der Waals surface area contributed by atoms with E-state index in [4.69, 9.17) is 4.74 Å². The second kappa shape index (κ2) is 7.97. The second-order valence-electron chi connectivity index (χ2n) is 6.32. The Balaban J connectivity index is 1.70. The van der Waals surface area contributed by atoms with Crippen LogP contribution < -0.4 is 4.74 Å². The Morgan fingerprint density at radius 2 is 1.82 bits per heavy atom. The molecule has 1 aromatic carbocycles. The molecule has 0 bridgehead atoms. The SMILES string of the molecule is COc1ccc(CC2CCN(CCCS(C)(=O)=O)CC2)cc1. The summed E-state index contributed by atoms with van der Waals surface area (Å²) in [5.74, 6) is 1.95. The van der Waals surface area contributed by atoms with Gasteiger partial charge in [0.1, 0.15) is 15.6 Å². The molecule has 22 heavy (non-hydrogen) atoms. The molecule has 0 aliphatic carbocycles. The summed E-state index contributed by atoms with van der Waals surface area (Å²) >= 11 is 0. The first-order chi connectivity index (χ1) is 10.5. The minimum atomic E-state index is -2.82. The summed E-state index contributed by atoms with van der Waals surface area (Å²) in [5.41, 5.74) is 1.37. The van der Waals surface area contributed by atoms with Crippen molar-refractivity contribution in [3.05, 3.63) is 29.8 Å². The van der Waals surface area contributed by atoms with Gasteiger partial charge in [-0.05, 0) is 68.9 Å². The van der Waals surface area contributed by atoms with Crippen LogP contribution in [0, 0.1) is 5.92 Å². The maximum atomic E-state index is 11.1. The summed E-state index contributed by atoms with van der Waals surface area (Å²) in [7, 11) is -1.13. The van der Waals surface area contributed by atoms with Crippen LogP contribution >= 0.6 is 0 Å². The van der Waals surface area contributed by atoms with Crippen LogP contribution in [0.2, 0.25) is 0 Å². The van der Waals surface area contributed by atoms with Gasteiger partial charge in [-0.2, -0.15) is 0 Å². The lowest BCUT2D eigenvalue weighted by Gasteiger charge is -2.32. The molecule has 1 saturated heterocycles. The fourth-order valence-corrected chi connectivity index (χ4v) is 3.71. The van der Waals surface area contributed by atoms with Gasteiger partial charge >= 0.3 is 0 Å². The number of benzene rings is 1. The summed E-state index contributed by atoms with van der Waals surface area (Å²) in [5, 5.41) is 0. The van der Waals surface area contributed by atoms with Crippen molar-refractivity contribution in [2.24, 2.45) is 5.92 Å². The van der Waals surface area contributed by atoms with Crippen molar-refractivity contribution in [3.63, 3.8) is 0 Å². The van der Waals surface area contributed by atoms with Crippen molar-refractivity contribution in [1.82, 2.24) is 4.90 Å². The number of ether oxygens (including phenoxy) is 1. The zero-order valence-electron chi connectivity index (χ0n) is 13.6. The van der Waals surface area contributed by atoms with Gasteiger partial charge in [0.05, 0.1) is 12.9 Å². The molecule has 0 radical (unpaired) electrons. The van der Waals surface area contributed by atoms with E-state index in [2.05, 4.69) is 17.0 Å². The Morgan fingerprint density at radius 1 is 1.18 bits per heavy atom. The van der Waals surface area contributed by atoms with Gasteiger partial charge in [-0.1, -0.05) is 12.1 Å². The quantitative estimate of drug-likeness (QED) is 0.772. The van der Waals surface area contributed by atoms with E-state index in [1.807, 2.05) is 12.1 Å². The number of methoxy groups -OCH3 is 1. The monoisotopic (exact) mass is 325 g/mol. The number of nitrogens with zero attached hydrogens (tertiary/aromatic N) is 1. The molecule has 0 spiro atoms. The topological polar surface area (TPSA) is 46.6 Å². The minimum Gasteiger partial charge on any atom is -0.497 e. The molecule has 0 atom stereocenters. The molecule has 0 unspecified atom stereocenters. The number of hydrogen-bond donors (Lipinski definition) is 0. The predicted octanol–water partition coefficient (Wildman–Crippen LogP) is 2.38. The van der Waals surface area contributed by atoms with Gasteiger partial charge in [0, 0.05) is 6.26 Å². The highest BCUT2D eigenvalue weighted by atomic mass is 32.2. The molecule has 1 heterocycles. The van der Waals surface area contributed by atoms with E-state index < -0.39 is 9.84 Å². The Bertz CT molecular complexity index is 546. The molecule has 0 N–H and O–H groups in total. The highest BCUT2D eigenvalue weighted by molar-refractivity contribution is 7.90. The lowest BCUT2D eigenvalue weighted by atomic mass is 9.90. The molecule has 0 amide bonds. The first-order valence-electron chi connectivity index (χ1n) is 7.99. The van der Waals surface area contributed by atoms with Gasteiger partial charge in [-0.25, -0.2) is 8.42 Å². The largest absolute Gasteiger partial charge is 0.497 e. The van der Waals surface area contributed by atoms with Crippen molar-refractivity contribution in [2.75, 3.05) is 38.8 Å². The van der Waals surface area contributed by atoms with Crippen LogP contribution in [0.25, 0.3) is 0 Å². The lowest BCUT2D eigenvalue weighted by Crippen LogP contribution is -2.35. The van der Waals surface area contributed by atoms with Crippen LogP contribution in [-0.2, 0) is 16.3 Å². The summed E-state index contributed by atoms with van der Waals surface area (Å²) < 4.78 is 27.5. The van der Waals surface area contributed by atoms with Gasteiger partial charge < -0.3 is 9.64 Å². The van der Waals surface area contributed by atoms with Crippen molar-refractivity contribution >= 4 is 9.84 Å². The molecule has 4 nitrogen and oxygen atoms in total. The van der Waals surface area contributed by atoms with Crippen molar-refractivity contribution in [2.45, 2.75) is 25.7 Å². The van der Waals surface area contributed by atoms with E-state index >= 15 is 0 Å². The third-order valence-corrected chi connectivity index (χ3v) is 5.41. The molecule has 5 heteroatoms. The molecule has 0 aromatic heterocycles. The van der Waals surface area contributed by atoms with Gasteiger partial charge in [0.2, 0.25) is 0 Å². The van der Waals surface area contributed by atoms with E-state index in [9.17, 15) is 8.42 Å². The Morgan fingerprint density at radius 3 is 2.36 bits per heavy atom. The van der Waals surface area contributed by atoms with E-state index in [0.717, 1.165) is 44.1 Å². The van der Waals surface area contributed by atoms with Gasteiger partial charge in [-0.15, -0.1) is 0 Å². The predicted molar refractivity (Wildman–Crippen MR) is 90.2 cm³/mol. The van der Waals surface area contributed by atoms with Crippen molar-refractivity contribution in [1.29, 1.82) is 0 Å². The molecule has 1 aliphatic rings. The zero-order valence-corrected chi connectivity index (χ0v) is 14.4. The molecule has 1 aliphatic heterocycles. The average Bonchev–Trinajstić information content (AvgIpc) is 2.49. The van der Waals surface area contributed by atoms with Crippen LogP contribution in [0.15, 0.2) is 24.3 Å². The normalized spacial score (nSPS) is 17.5. The lowest BCUT2D eigenvalue weighted by molar-refractivity contribution is 0.184. The highest BCUT2D eigenvalue weighted by Gasteiger charge is 2.19. The molecule has 1 fully saturated rings. The second-order valence-corrected chi connectivity index (χ2v) is 8.58. The van der Waals surface area contributed by atoms with Gasteiger partial charge in [-0.3, -0.25) is 0 Å². The molecule has 2 rings (SSSR count). The van der Waals surface area contributed by atoms with Crippen molar-refractivity contribution < 1.29 is 13.2 Å². The van der Waals surface area contributed by atoms with E-state index in [-0.39, 0.29) is 0 Å². The van der Waals surface area contributed by atoms with E-state index in [0.29, 0.717) is 5.75 Å². The molecular weight excluding hydrogens is 298 g/mol. The number of sulfone groups is 1. The Labute approximate surface area is 134 Å². The van der Waals surface area contributed by atoms with Crippen LogP contribution in [0.3, 0.4) is 0 Å². The minimum absolute atomic E-state index is 0.304. The summed E-state index contributed by atoms with van der Waals surface area (Å²) in [6, 6.07) is 8.35. The van der Waals surface area contributed by atoms with Crippen LogP contribution in [0.5, 0.6) is 5.75 Å². The molecule has 0 saturated carbocycles. The number of likely N-dealkylation sites (tertiary alicyclic amines) is 1. The van der Waals surface area contributed by atoms with Crippen molar-refractivity contribution in [3.8, 4) is 5.75 Å². The fraction of sp³-hybridized carbons (Fsp3) is 0.647. The number of hydrogen-bond acceptors (Lipinski definition) is 4. The first kappa shape index (κ1) is 17.3. The van der Waals surface area contributed by atoms with E-state index in [1.165, 1.54) is 24.7 Å². The Hall–Kier alpha value is -1.07. The zero-order chi connectivity index (χ0) is 16.0. The van der Waals surface area contributed by atoms with Crippen LogP contribution in [-0.4, -0.2) is 52.1 Å². The third kappa shape index (κ3) is 5.97. The molecule has 124 valence electrons. The highest BCUT2D eigenvalue weighted by Crippen LogP contribution is 2.23. The standard InChI is InChI=1S/C17H27NO3S/c1-21-17-6-4-15(5-7-17)14-16-8-11-18(12-9-16)10-3-13-22(2,19)20/h4-7,16H,3,8-14H2,1-2H3. The van der Waals surface area contributed by atoms with Crippen LogP contribution in [0.4, 0.5) is 0 Å².